The van der Waals surface area contributed by atoms with Crippen LogP contribution in [0.15, 0.2) is 65.8 Å². The first-order valence-corrected chi connectivity index (χ1v) is 25.1. The fourth-order valence-electron chi connectivity index (χ4n) is 10.0. The van der Waals surface area contributed by atoms with E-state index >= 15 is 4.39 Å². The first-order chi connectivity index (χ1) is 36.0. The fraction of sp³-hybridized carbons (Fsp3) is 0.434. The van der Waals surface area contributed by atoms with Crippen molar-refractivity contribution < 1.29 is 62.1 Å². The van der Waals surface area contributed by atoms with Gasteiger partial charge in [-0.3, -0.25) is 43.3 Å². The number of carbonyl (C=O) groups excluding carboxylic acids is 9. The third-order valence-electron chi connectivity index (χ3n) is 14.0. The van der Waals surface area contributed by atoms with Crippen LogP contribution in [0.5, 0.6) is 0 Å². The number of hydrogen-bond donors (Lipinski definition) is 7. The van der Waals surface area contributed by atoms with Crippen molar-refractivity contribution in [2.75, 3.05) is 59.1 Å². The molecule has 8 rings (SSSR count). The average molecular weight is 1030 g/mol. The summed E-state index contributed by atoms with van der Waals surface area (Å²) in [7, 11) is 0. The lowest BCUT2D eigenvalue weighted by molar-refractivity contribution is -0.163. The zero-order valence-electron chi connectivity index (χ0n) is 41.7. The number of hydrogen-bond acceptors (Lipinski definition) is 14. The zero-order valence-corrected chi connectivity index (χ0v) is 41.7. The van der Waals surface area contributed by atoms with Crippen molar-refractivity contribution in [3.8, 4) is 0 Å². The van der Waals surface area contributed by atoms with Crippen LogP contribution in [-0.4, -0.2) is 144 Å². The normalized spacial score (nSPS) is 18.6. The number of carbonyl (C=O) groups is 9. The summed E-state index contributed by atoms with van der Waals surface area (Å²) in [6.07, 6.45) is 7.07. The minimum atomic E-state index is -1.80. The van der Waals surface area contributed by atoms with Crippen molar-refractivity contribution in [3.05, 3.63) is 105 Å². The van der Waals surface area contributed by atoms with Crippen LogP contribution in [0.3, 0.4) is 0 Å². The van der Waals surface area contributed by atoms with Crippen LogP contribution in [0.1, 0.15) is 85.0 Å². The Bertz CT molecular complexity index is 2910. The predicted octanol–water partition coefficient (Wildman–Crippen LogP) is 0.645. The Morgan fingerprint density at radius 3 is 2.37 bits per heavy atom. The summed E-state index contributed by atoms with van der Waals surface area (Å²) in [5.41, 5.74) is 4.94. The van der Waals surface area contributed by atoms with Gasteiger partial charge in [0.15, 0.2) is 5.60 Å². The van der Waals surface area contributed by atoms with Crippen LogP contribution < -0.4 is 31.9 Å². The lowest BCUT2D eigenvalue weighted by Gasteiger charge is -2.37. The van der Waals surface area contributed by atoms with Crippen LogP contribution >= 0.6 is 0 Å². The number of cyclic esters (lactones) is 1. The number of imide groups is 1. The minimum absolute atomic E-state index is 0.00248. The van der Waals surface area contributed by atoms with Crippen molar-refractivity contribution in [1.29, 1.82) is 0 Å². The monoisotopic (exact) mass is 1030 g/mol. The Labute approximate surface area is 431 Å². The first kappa shape index (κ1) is 53.4. The molecule has 1 aromatic heterocycles. The molecule has 0 bridgehead atoms. The first-order valence-electron chi connectivity index (χ1n) is 25.1. The molecule has 21 nitrogen and oxygen atoms in total. The number of pyridine rings is 1. The van der Waals surface area contributed by atoms with Crippen LogP contribution in [0.25, 0.3) is 16.6 Å². The number of amides is 8. The predicted molar refractivity (Wildman–Crippen MR) is 267 cm³/mol. The second-order valence-electron chi connectivity index (χ2n) is 19.0. The molecule has 0 radical (unpaired) electrons. The highest BCUT2D eigenvalue weighted by Crippen LogP contribution is 2.48. The third-order valence-corrected chi connectivity index (χ3v) is 14.0. The molecule has 0 saturated carbocycles. The number of unbranched alkanes of at least 4 members (excludes halogenated alkanes) is 2. The van der Waals surface area contributed by atoms with Crippen molar-refractivity contribution >= 4 is 69.8 Å². The summed E-state index contributed by atoms with van der Waals surface area (Å²) in [4.78, 5) is 121. The van der Waals surface area contributed by atoms with E-state index in [-0.39, 0.29) is 82.3 Å². The summed E-state index contributed by atoms with van der Waals surface area (Å²) < 4.78 is 26.3. The van der Waals surface area contributed by atoms with Crippen molar-refractivity contribution in [2.24, 2.45) is 0 Å². The van der Waals surface area contributed by atoms with Gasteiger partial charge in [-0.1, -0.05) is 43.7 Å². The Morgan fingerprint density at radius 1 is 0.893 bits per heavy atom. The second kappa shape index (κ2) is 23.6. The third kappa shape index (κ3) is 12.2. The molecule has 5 heterocycles. The standard InChI is InChI=1S/C53H60FN9O12/c1-3-53(73)35-21-40-50-34(27-62(40)26-32(35)28-75-52(53)72)49-37(14-13-33-30(2)36(54)22-38(61-50)48(33)49)59-45(68)29-74-19-17-55-42(65)24-58-51(71)39(20-31-10-6-4-7-11-31)60-44(67)25-57-43(66)23-56-41(64)12-8-5-9-18-63-46(69)15-16-47(63)70/h4,6-7,10-11,15-16,21-22,37,39,73H,3,5,8-9,12-14,17-20,23-29H2,1-2H3,(H,55,65)(H,56,64)(H,57,66)(H,58,71)(H,59,68)(H,60,67)/t37-,39-,53-/m0/s1. The van der Waals surface area contributed by atoms with Gasteiger partial charge in [0.25, 0.3) is 11.8 Å². The van der Waals surface area contributed by atoms with E-state index in [1.165, 1.54) is 18.2 Å². The van der Waals surface area contributed by atoms with E-state index in [0.717, 1.165) is 32.5 Å². The van der Waals surface area contributed by atoms with Gasteiger partial charge in [0, 0.05) is 73.8 Å². The number of esters is 1. The van der Waals surface area contributed by atoms with Gasteiger partial charge >= 0.3 is 5.97 Å². The molecule has 5 aliphatic rings. The van der Waals surface area contributed by atoms with Crippen LogP contribution in [-0.2, 0) is 72.0 Å². The number of aromatic nitrogens is 1. The summed E-state index contributed by atoms with van der Waals surface area (Å²) in [5, 5.41) is 27.9. The van der Waals surface area contributed by atoms with E-state index in [2.05, 4.69) is 36.8 Å². The number of ether oxygens (including phenoxy) is 2. The van der Waals surface area contributed by atoms with Gasteiger partial charge in [-0.25, -0.2) is 14.2 Å². The molecular weight excluding hydrogens is 974 g/mol. The molecule has 22 heteroatoms. The van der Waals surface area contributed by atoms with E-state index < -0.39 is 66.3 Å². The number of aryl methyl sites for hydroxylation is 1. The van der Waals surface area contributed by atoms with Crippen molar-refractivity contribution in [3.63, 3.8) is 0 Å². The molecular formula is C53H60FN9O12. The van der Waals surface area contributed by atoms with E-state index in [1.807, 2.05) is 0 Å². The molecule has 2 aromatic carbocycles. The quantitative estimate of drug-likeness (QED) is 0.0390. The number of nitrogens with one attached hydrogen (secondary N) is 6. The number of aliphatic hydroxyl groups is 1. The Kier molecular flexibility index (Phi) is 16.8. The second-order valence-corrected chi connectivity index (χ2v) is 19.0. The average Bonchev–Trinajstić information content (AvgIpc) is 3.96. The molecule has 75 heavy (non-hydrogen) atoms. The van der Waals surface area contributed by atoms with E-state index in [9.17, 15) is 48.3 Å². The van der Waals surface area contributed by atoms with Gasteiger partial charge in [-0.15, -0.1) is 0 Å². The van der Waals surface area contributed by atoms with Crippen LogP contribution in [0.2, 0.25) is 0 Å². The number of nitrogens with zero attached hydrogens (tertiary/aromatic N) is 3. The fourth-order valence-corrected chi connectivity index (χ4v) is 10.0. The SMILES string of the molecule is CC[C@@]1(O)C(=O)OCC2=C1C=C1c3nc4cc(F)c(C)c5c4c(c3CN1C2)[C@@H](NC(=O)COCCNC(=O)CNC(=O)[C@H](Cc1ccccc1)NC(=O)CNC(=O)CNC(=O)CCCCCN1C(=O)C=CC1=O)CC5. The maximum atomic E-state index is 15.3. The van der Waals surface area contributed by atoms with Gasteiger partial charge in [0.1, 0.15) is 25.1 Å². The number of fused-ring (bicyclic) bond motifs is 4. The summed E-state index contributed by atoms with van der Waals surface area (Å²) >= 11 is 0. The largest absolute Gasteiger partial charge is 0.459 e. The van der Waals surface area contributed by atoms with E-state index in [4.69, 9.17) is 14.5 Å². The van der Waals surface area contributed by atoms with Gasteiger partial charge in [-0.2, -0.15) is 0 Å². The summed E-state index contributed by atoms with van der Waals surface area (Å²) in [6, 6.07) is 8.65. The van der Waals surface area contributed by atoms with Crippen LogP contribution in [0, 0.1) is 12.7 Å². The van der Waals surface area contributed by atoms with Crippen molar-refractivity contribution in [2.45, 2.75) is 89.4 Å². The van der Waals surface area contributed by atoms with Gasteiger partial charge in [0.2, 0.25) is 35.4 Å². The highest BCUT2D eigenvalue weighted by Gasteiger charge is 2.47. The van der Waals surface area contributed by atoms with Gasteiger partial charge in [-0.05, 0) is 72.9 Å². The Hall–Kier alpha value is -7.85. The molecule has 1 aliphatic carbocycles. The van der Waals surface area contributed by atoms with E-state index in [1.54, 1.807) is 50.3 Å². The smallest absolute Gasteiger partial charge is 0.343 e. The zero-order chi connectivity index (χ0) is 53.4. The highest BCUT2D eigenvalue weighted by atomic mass is 19.1. The Balaban J connectivity index is 0.775. The minimum Gasteiger partial charge on any atom is -0.459 e. The van der Waals surface area contributed by atoms with Gasteiger partial charge < -0.3 is 51.4 Å². The molecule has 0 saturated heterocycles. The molecule has 396 valence electrons. The van der Waals surface area contributed by atoms with E-state index in [0.29, 0.717) is 78.8 Å². The molecule has 3 atom stereocenters. The molecule has 8 amide bonds. The van der Waals surface area contributed by atoms with Crippen molar-refractivity contribution in [1.82, 2.24) is 46.7 Å². The number of rotatable bonds is 23. The maximum Gasteiger partial charge on any atom is 0.343 e. The topological polar surface area (TPSA) is 284 Å². The lowest BCUT2D eigenvalue weighted by Crippen LogP contribution is -2.52. The van der Waals surface area contributed by atoms with Gasteiger partial charge in [0.05, 0.1) is 49.2 Å². The molecule has 0 fully saturated rings. The number of benzene rings is 2. The molecule has 0 unspecified atom stereocenters. The lowest BCUT2D eigenvalue weighted by atomic mass is 9.81. The Morgan fingerprint density at radius 2 is 1.61 bits per heavy atom. The molecule has 3 aromatic rings. The molecule has 0 spiro atoms. The summed E-state index contributed by atoms with van der Waals surface area (Å²) in [6.45, 7) is 2.87. The highest BCUT2D eigenvalue weighted by molar-refractivity contribution is 6.12. The maximum absolute atomic E-state index is 15.3. The summed E-state index contributed by atoms with van der Waals surface area (Å²) in [5.74, 6) is -5.18. The van der Waals surface area contributed by atoms with Crippen LogP contribution in [0.4, 0.5) is 4.39 Å². The molecule has 4 aliphatic heterocycles. The molecule has 7 N–H and O–H groups in total. The number of halogens is 1.